The molecule has 8 aromatic rings. The molecule has 218 valence electrons. The van der Waals surface area contributed by atoms with Crippen LogP contribution in [0.1, 0.15) is 0 Å². The van der Waals surface area contributed by atoms with Crippen LogP contribution in [-0.4, -0.2) is 0 Å². The largest absolute Gasteiger partial charge is 0.456 e. The van der Waals surface area contributed by atoms with Crippen molar-refractivity contribution in [3.8, 4) is 44.7 Å². The average Bonchev–Trinajstić information content (AvgIpc) is 3.58. The first kappa shape index (κ1) is 27.4. The zero-order valence-electron chi connectivity index (χ0n) is 25.3. The van der Waals surface area contributed by atoms with Crippen LogP contribution in [0.25, 0.3) is 55.7 Å². The minimum atomic E-state index is 0.883. The molecule has 0 atom stereocenters. The van der Waals surface area contributed by atoms with Crippen molar-refractivity contribution in [2.45, 2.75) is 0 Å². The molecule has 0 saturated heterocycles. The monoisotopic (exact) mass is 589 g/mol. The Labute approximate surface area is 269 Å². The van der Waals surface area contributed by atoms with Gasteiger partial charge in [0.25, 0.3) is 0 Å². The molecule has 0 N–H and O–H groups in total. The highest BCUT2D eigenvalue weighted by Crippen LogP contribution is 2.38. The molecular formula is C44H31NO. The number of benzene rings is 7. The highest BCUT2D eigenvalue weighted by atomic mass is 16.3. The molecular weight excluding hydrogens is 558 g/mol. The Hall–Kier alpha value is -6.12. The Bertz CT molecular complexity index is 2180. The first-order valence-corrected chi connectivity index (χ1v) is 15.6. The third-order valence-corrected chi connectivity index (χ3v) is 8.52. The predicted octanol–water partition coefficient (Wildman–Crippen LogP) is 12.6. The molecule has 1 aromatic heterocycles. The maximum Gasteiger partial charge on any atom is 0.136 e. The number of furan rings is 1. The Balaban J connectivity index is 1.08. The molecule has 0 fully saturated rings. The normalized spacial score (nSPS) is 11.0. The van der Waals surface area contributed by atoms with Crippen LogP contribution in [0.3, 0.4) is 0 Å². The lowest BCUT2D eigenvalue weighted by molar-refractivity contribution is 0.632. The van der Waals surface area contributed by atoms with Crippen molar-refractivity contribution in [2.24, 2.45) is 0 Å². The fourth-order valence-corrected chi connectivity index (χ4v) is 6.17. The summed E-state index contributed by atoms with van der Waals surface area (Å²) in [5.41, 5.74) is 12.4. The fraction of sp³-hybridized carbons (Fsp3) is 0. The van der Waals surface area contributed by atoms with Crippen LogP contribution in [0.15, 0.2) is 192 Å². The van der Waals surface area contributed by atoms with Crippen LogP contribution in [0.4, 0.5) is 17.1 Å². The maximum absolute atomic E-state index is 6.23. The summed E-state index contributed by atoms with van der Waals surface area (Å²) in [6, 6.07) is 66.2. The average molecular weight is 590 g/mol. The Morgan fingerprint density at radius 3 is 1.37 bits per heavy atom. The number of hydrogen-bond acceptors (Lipinski definition) is 2. The van der Waals surface area contributed by atoms with Gasteiger partial charge in [0.1, 0.15) is 11.3 Å². The van der Waals surface area contributed by atoms with Crippen LogP contribution in [0, 0.1) is 0 Å². The lowest BCUT2D eigenvalue weighted by Gasteiger charge is -2.26. The third kappa shape index (κ3) is 5.38. The second-order valence-corrected chi connectivity index (χ2v) is 11.4. The molecule has 8 rings (SSSR count). The van der Waals surface area contributed by atoms with Gasteiger partial charge in [0.2, 0.25) is 0 Å². The maximum atomic E-state index is 6.23. The number of anilines is 3. The van der Waals surface area contributed by atoms with E-state index in [4.69, 9.17) is 4.42 Å². The third-order valence-electron chi connectivity index (χ3n) is 8.52. The van der Waals surface area contributed by atoms with Crippen molar-refractivity contribution in [1.29, 1.82) is 0 Å². The quantitative estimate of drug-likeness (QED) is 0.184. The molecule has 1 heterocycles. The summed E-state index contributed by atoms with van der Waals surface area (Å²) in [7, 11) is 0. The van der Waals surface area contributed by atoms with E-state index in [-0.39, 0.29) is 0 Å². The molecule has 0 amide bonds. The molecule has 0 aliphatic rings. The van der Waals surface area contributed by atoms with Crippen LogP contribution in [0.2, 0.25) is 0 Å². The van der Waals surface area contributed by atoms with E-state index in [1.54, 1.807) is 0 Å². The summed E-state index contributed by atoms with van der Waals surface area (Å²) >= 11 is 0. The minimum absolute atomic E-state index is 0.883. The van der Waals surface area contributed by atoms with Gasteiger partial charge in [0, 0.05) is 28.0 Å². The van der Waals surface area contributed by atoms with Crippen molar-refractivity contribution in [3.05, 3.63) is 188 Å². The lowest BCUT2D eigenvalue weighted by Crippen LogP contribution is -2.09. The van der Waals surface area contributed by atoms with Crippen molar-refractivity contribution >= 4 is 28.0 Å². The summed E-state index contributed by atoms with van der Waals surface area (Å²) in [6.07, 6.45) is 0. The van der Waals surface area contributed by atoms with E-state index in [0.717, 1.165) is 50.5 Å². The number of para-hydroxylation sites is 2. The zero-order valence-corrected chi connectivity index (χ0v) is 25.3. The van der Waals surface area contributed by atoms with Gasteiger partial charge in [-0.15, -0.1) is 0 Å². The van der Waals surface area contributed by atoms with E-state index in [9.17, 15) is 0 Å². The van der Waals surface area contributed by atoms with Crippen molar-refractivity contribution in [3.63, 3.8) is 0 Å². The van der Waals surface area contributed by atoms with Gasteiger partial charge in [-0.1, -0.05) is 140 Å². The van der Waals surface area contributed by atoms with Crippen LogP contribution < -0.4 is 4.90 Å². The number of hydrogen-bond donors (Lipinski definition) is 0. The molecule has 0 radical (unpaired) electrons. The Kier molecular flexibility index (Phi) is 7.22. The van der Waals surface area contributed by atoms with E-state index < -0.39 is 0 Å². The predicted molar refractivity (Wildman–Crippen MR) is 193 cm³/mol. The van der Waals surface area contributed by atoms with E-state index in [0.29, 0.717) is 0 Å². The van der Waals surface area contributed by atoms with Crippen LogP contribution in [0.5, 0.6) is 0 Å². The minimum Gasteiger partial charge on any atom is -0.456 e. The lowest BCUT2D eigenvalue weighted by atomic mass is 9.96. The highest BCUT2D eigenvalue weighted by molar-refractivity contribution is 5.88. The van der Waals surface area contributed by atoms with Gasteiger partial charge in [0.05, 0.1) is 0 Å². The van der Waals surface area contributed by atoms with Gasteiger partial charge in [0.15, 0.2) is 0 Å². The van der Waals surface area contributed by atoms with E-state index >= 15 is 0 Å². The number of nitrogens with zero attached hydrogens (tertiary/aromatic N) is 1. The van der Waals surface area contributed by atoms with Gasteiger partial charge in [-0.05, 0) is 81.9 Å². The van der Waals surface area contributed by atoms with Gasteiger partial charge >= 0.3 is 0 Å². The fourth-order valence-electron chi connectivity index (χ4n) is 6.17. The summed E-state index contributed by atoms with van der Waals surface area (Å²) in [5, 5.41) is 1.11. The van der Waals surface area contributed by atoms with Crippen molar-refractivity contribution < 1.29 is 4.42 Å². The van der Waals surface area contributed by atoms with E-state index in [1.807, 2.05) is 18.2 Å². The van der Waals surface area contributed by atoms with Crippen LogP contribution >= 0.6 is 0 Å². The summed E-state index contributed by atoms with van der Waals surface area (Å²) in [4.78, 5) is 2.30. The summed E-state index contributed by atoms with van der Waals surface area (Å²) in [5.74, 6) is 0.883. The zero-order chi connectivity index (χ0) is 30.7. The molecule has 0 spiro atoms. The second-order valence-electron chi connectivity index (χ2n) is 11.4. The SMILES string of the molecule is c1ccc(-c2ccc(N(c3ccccc3)c3ccc(-c4ccc(-c5ccccc5-c5cc6ccccc6o5)cc4)cc3)cc2)cc1. The first-order valence-electron chi connectivity index (χ1n) is 15.6. The molecule has 7 aromatic carbocycles. The summed E-state index contributed by atoms with van der Waals surface area (Å²) in [6.45, 7) is 0. The molecule has 2 nitrogen and oxygen atoms in total. The second kappa shape index (κ2) is 12.1. The molecule has 2 heteroatoms. The number of fused-ring (bicyclic) bond motifs is 1. The molecule has 0 aliphatic heterocycles. The number of rotatable bonds is 7. The van der Waals surface area contributed by atoms with Gasteiger partial charge < -0.3 is 9.32 Å². The standard InChI is InChI=1S/C44H31NO/c1-3-11-32(12-4-1)34-23-27-39(28-24-34)45(38-14-5-2-6-15-38)40-29-25-35(26-30-40)33-19-21-36(22-20-33)41-16-8-9-17-42(41)44-31-37-13-7-10-18-43(37)46-44/h1-31H. The smallest absolute Gasteiger partial charge is 0.136 e. The Morgan fingerprint density at radius 1 is 0.326 bits per heavy atom. The van der Waals surface area contributed by atoms with Gasteiger partial charge in [-0.25, -0.2) is 0 Å². The molecule has 0 bridgehead atoms. The van der Waals surface area contributed by atoms with E-state index in [2.05, 4.69) is 175 Å². The van der Waals surface area contributed by atoms with Crippen molar-refractivity contribution in [2.75, 3.05) is 4.90 Å². The highest BCUT2D eigenvalue weighted by Gasteiger charge is 2.14. The van der Waals surface area contributed by atoms with Gasteiger partial charge in [-0.3, -0.25) is 0 Å². The molecule has 0 aliphatic carbocycles. The molecule has 46 heavy (non-hydrogen) atoms. The van der Waals surface area contributed by atoms with Crippen LogP contribution in [-0.2, 0) is 0 Å². The van der Waals surface area contributed by atoms with E-state index in [1.165, 1.54) is 22.3 Å². The topological polar surface area (TPSA) is 16.4 Å². The summed E-state index contributed by atoms with van der Waals surface area (Å²) < 4.78 is 6.23. The van der Waals surface area contributed by atoms with Gasteiger partial charge in [-0.2, -0.15) is 0 Å². The molecule has 0 saturated carbocycles. The molecule has 0 unspecified atom stereocenters. The first-order chi connectivity index (χ1) is 22.8. The van der Waals surface area contributed by atoms with Crippen molar-refractivity contribution in [1.82, 2.24) is 0 Å². The Morgan fingerprint density at radius 2 is 0.761 bits per heavy atom.